The SMILES string of the molecule is C[C@@H](Nc1ncnc2[nH]c(-c3ccc(OCC(C)(C)CC(C)(C)C(=O)NO)cc3)cc12)c1ccccc1. The van der Waals surface area contributed by atoms with Crippen LogP contribution >= 0.6 is 0 Å². The van der Waals surface area contributed by atoms with E-state index in [1.807, 2.05) is 70.2 Å². The highest BCUT2D eigenvalue weighted by atomic mass is 16.5. The van der Waals surface area contributed by atoms with Gasteiger partial charge in [-0.15, -0.1) is 0 Å². The van der Waals surface area contributed by atoms with Crippen molar-refractivity contribution in [3.05, 3.63) is 72.6 Å². The molecule has 4 N–H and O–H groups in total. The van der Waals surface area contributed by atoms with E-state index in [-0.39, 0.29) is 11.5 Å². The van der Waals surface area contributed by atoms with Crippen LogP contribution in [0.25, 0.3) is 22.3 Å². The third-order valence-electron chi connectivity index (χ3n) is 6.51. The lowest BCUT2D eigenvalue weighted by atomic mass is 9.75. The normalized spacial score (nSPS) is 12.8. The molecule has 1 amide bonds. The molecule has 2 aromatic heterocycles. The van der Waals surface area contributed by atoms with Crippen molar-refractivity contribution in [1.82, 2.24) is 20.4 Å². The molecule has 2 aromatic carbocycles. The van der Waals surface area contributed by atoms with E-state index < -0.39 is 11.3 Å². The molecule has 0 spiro atoms. The van der Waals surface area contributed by atoms with Crippen LogP contribution in [0.4, 0.5) is 5.82 Å². The van der Waals surface area contributed by atoms with Crippen molar-refractivity contribution in [1.29, 1.82) is 0 Å². The monoisotopic (exact) mass is 501 g/mol. The van der Waals surface area contributed by atoms with Crippen molar-refractivity contribution >= 4 is 22.8 Å². The van der Waals surface area contributed by atoms with Gasteiger partial charge in [-0.05, 0) is 60.2 Å². The third kappa shape index (κ3) is 6.27. The van der Waals surface area contributed by atoms with Gasteiger partial charge in [0.15, 0.2) is 0 Å². The number of benzene rings is 2. The number of rotatable bonds is 10. The van der Waals surface area contributed by atoms with E-state index in [1.165, 1.54) is 5.56 Å². The predicted octanol–water partition coefficient (Wildman–Crippen LogP) is 6.12. The molecule has 0 bridgehead atoms. The summed E-state index contributed by atoms with van der Waals surface area (Å²) in [7, 11) is 0. The maximum atomic E-state index is 11.9. The Bertz CT molecular complexity index is 1350. The van der Waals surface area contributed by atoms with E-state index in [2.05, 4.69) is 45.4 Å². The van der Waals surface area contributed by atoms with Crippen molar-refractivity contribution in [3.8, 4) is 17.0 Å². The highest BCUT2D eigenvalue weighted by Gasteiger charge is 2.35. The smallest absolute Gasteiger partial charge is 0.249 e. The average Bonchev–Trinajstić information content (AvgIpc) is 3.33. The van der Waals surface area contributed by atoms with Crippen molar-refractivity contribution in [2.45, 2.75) is 47.1 Å². The van der Waals surface area contributed by atoms with Crippen molar-refractivity contribution in [2.75, 3.05) is 11.9 Å². The summed E-state index contributed by atoms with van der Waals surface area (Å²) in [6, 6.07) is 20.3. The predicted molar refractivity (Wildman–Crippen MR) is 145 cm³/mol. The van der Waals surface area contributed by atoms with Crippen molar-refractivity contribution < 1.29 is 14.7 Å². The van der Waals surface area contributed by atoms with Gasteiger partial charge < -0.3 is 15.0 Å². The molecule has 0 radical (unpaired) electrons. The van der Waals surface area contributed by atoms with Gasteiger partial charge in [-0.2, -0.15) is 0 Å². The zero-order chi connectivity index (χ0) is 26.6. The lowest BCUT2D eigenvalue weighted by Crippen LogP contribution is -2.39. The van der Waals surface area contributed by atoms with Crippen LogP contribution in [0.15, 0.2) is 67.0 Å². The zero-order valence-corrected chi connectivity index (χ0v) is 22.0. The fourth-order valence-corrected chi connectivity index (χ4v) is 4.73. The Morgan fingerprint density at radius 1 is 1.05 bits per heavy atom. The second-order valence-corrected chi connectivity index (χ2v) is 10.9. The fraction of sp³-hybridized carbons (Fsp3) is 0.345. The molecule has 0 unspecified atom stereocenters. The van der Waals surface area contributed by atoms with Gasteiger partial charge in [0.05, 0.1) is 12.0 Å². The number of carbonyl (C=O) groups is 1. The van der Waals surface area contributed by atoms with E-state index in [1.54, 1.807) is 11.8 Å². The Morgan fingerprint density at radius 2 is 1.76 bits per heavy atom. The summed E-state index contributed by atoms with van der Waals surface area (Å²) in [6.45, 7) is 10.3. The summed E-state index contributed by atoms with van der Waals surface area (Å²) in [5, 5.41) is 13.4. The molecule has 0 fully saturated rings. The highest BCUT2D eigenvalue weighted by Crippen LogP contribution is 2.35. The lowest BCUT2D eigenvalue weighted by Gasteiger charge is -2.33. The number of anilines is 1. The van der Waals surface area contributed by atoms with Crippen LogP contribution in [-0.2, 0) is 4.79 Å². The molecule has 0 aliphatic heterocycles. The second-order valence-electron chi connectivity index (χ2n) is 10.9. The Hall–Kier alpha value is -3.91. The molecule has 2 heterocycles. The topological polar surface area (TPSA) is 112 Å². The Labute approximate surface area is 217 Å². The summed E-state index contributed by atoms with van der Waals surface area (Å²) in [5.41, 5.74) is 4.67. The first kappa shape index (κ1) is 26.2. The minimum absolute atomic E-state index is 0.0990. The number of nitrogens with one attached hydrogen (secondary N) is 3. The molecule has 4 rings (SSSR count). The number of nitrogens with zero attached hydrogens (tertiary/aromatic N) is 2. The lowest BCUT2D eigenvalue weighted by molar-refractivity contribution is -0.140. The van der Waals surface area contributed by atoms with Crippen LogP contribution in [0.5, 0.6) is 5.75 Å². The maximum Gasteiger partial charge on any atom is 0.249 e. The van der Waals surface area contributed by atoms with E-state index in [0.29, 0.717) is 13.0 Å². The molecule has 37 heavy (non-hydrogen) atoms. The Balaban J connectivity index is 1.45. The number of fused-ring (bicyclic) bond motifs is 1. The van der Waals surface area contributed by atoms with E-state index >= 15 is 0 Å². The minimum atomic E-state index is -0.712. The minimum Gasteiger partial charge on any atom is -0.493 e. The van der Waals surface area contributed by atoms with Crippen LogP contribution in [0.1, 0.15) is 52.6 Å². The molecule has 8 heteroatoms. The van der Waals surface area contributed by atoms with Gasteiger partial charge in [0, 0.05) is 17.2 Å². The molecule has 4 aromatic rings. The largest absolute Gasteiger partial charge is 0.493 e. The quantitative estimate of drug-likeness (QED) is 0.154. The van der Waals surface area contributed by atoms with Gasteiger partial charge in [0.2, 0.25) is 5.91 Å². The summed E-state index contributed by atoms with van der Waals surface area (Å²) in [4.78, 5) is 24.2. The third-order valence-corrected chi connectivity index (χ3v) is 6.51. The summed E-state index contributed by atoms with van der Waals surface area (Å²) >= 11 is 0. The van der Waals surface area contributed by atoms with Crippen LogP contribution in [0.3, 0.4) is 0 Å². The van der Waals surface area contributed by atoms with Crippen molar-refractivity contribution in [2.24, 2.45) is 10.8 Å². The Kier molecular flexibility index (Phi) is 7.50. The molecule has 0 saturated carbocycles. The summed E-state index contributed by atoms with van der Waals surface area (Å²) < 4.78 is 6.05. The second kappa shape index (κ2) is 10.6. The number of ether oxygens (including phenoxy) is 1. The molecule has 0 aliphatic rings. The Morgan fingerprint density at radius 3 is 2.43 bits per heavy atom. The van der Waals surface area contributed by atoms with Crippen LogP contribution in [0.2, 0.25) is 0 Å². The first-order valence-electron chi connectivity index (χ1n) is 12.4. The first-order chi connectivity index (χ1) is 17.6. The number of carbonyl (C=O) groups excluding carboxylic acids is 1. The van der Waals surface area contributed by atoms with Gasteiger partial charge in [0.25, 0.3) is 0 Å². The van der Waals surface area contributed by atoms with E-state index in [4.69, 9.17) is 9.94 Å². The van der Waals surface area contributed by atoms with E-state index in [9.17, 15) is 4.79 Å². The van der Waals surface area contributed by atoms with Gasteiger partial charge in [-0.3, -0.25) is 10.0 Å². The molecule has 0 aliphatic carbocycles. The number of H-pyrrole nitrogens is 1. The molecule has 0 saturated heterocycles. The van der Waals surface area contributed by atoms with Gasteiger partial charge in [0.1, 0.15) is 23.5 Å². The van der Waals surface area contributed by atoms with Gasteiger partial charge >= 0.3 is 0 Å². The van der Waals surface area contributed by atoms with E-state index in [0.717, 1.165) is 33.9 Å². The number of aromatic nitrogens is 3. The molecule has 8 nitrogen and oxygen atoms in total. The number of hydrogen-bond acceptors (Lipinski definition) is 6. The van der Waals surface area contributed by atoms with Crippen LogP contribution in [-0.4, -0.2) is 32.7 Å². The first-order valence-corrected chi connectivity index (χ1v) is 12.4. The average molecular weight is 502 g/mol. The van der Waals surface area contributed by atoms with Gasteiger partial charge in [-0.1, -0.05) is 58.0 Å². The van der Waals surface area contributed by atoms with Crippen LogP contribution in [0, 0.1) is 10.8 Å². The summed E-state index contributed by atoms with van der Waals surface area (Å²) in [5.74, 6) is 1.13. The maximum absolute atomic E-state index is 11.9. The zero-order valence-electron chi connectivity index (χ0n) is 22.0. The number of aromatic amines is 1. The standard InChI is InChI=1S/C29H35N5O3/c1-19(20-9-7-6-8-10-20)32-25-23-15-24(33-26(23)31-18-30-25)21-11-13-22(14-12-21)37-17-28(2,3)16-29(4,5)27(35)34-36/h6-15,18-19,36H,16-17H2,1-5H3,(H,34,35)(H2,30,31,32,33)/t19-/m1/s1. The molecule has 1 atom stereocenters. The molecular weight excluding hydrogens is 466 g/mol. The number of hydroxylamine groups is 1. The fourth-order valence-electron chi connectivity index (χ4n) is 4.73. The van der Waals surface area contributed by atoms with Crippen LogP contribution < -0.4 is 15.5 Å². The molecular formula is C29H35N5O3. The summed E-state index contributed by atoms with van der Waals surface area (Å²) in [6.07, 6.45) is 2.12. The highest BCUT2D eigenvalue weighted by molar-refractivity contribution is 5.91. The number of amides is 1. The molecule has 194 valence electrons. The van der Waals surface area contributed by atoms with Gasteiger partial charge in [-0.25, -0.2) is 15.4 Å². The van der Waals surface area contributed by atoms with Crippen molar-refractivity contribution in [3.63, 3.8) is 0 Å². The number of hydrogen-bond donors (Lipinski definition) is 4.